The van der Waals surface area contributed by atoms with E-state index in [1.54, 1.807) is 62.3 Å². The molecule has 0 N–H and O–H groups in total. The van der Waals surface area contributed by atoms with Gasteiger partial charge in [-0.15, -0.1) is 0 Å². The van der Waals surface area contributed by atoms with E-state index in [4.69, 9.17) is 0 Å². The Morgan fingerprint density at radius 3 is 0.788 bits per heavy atom. The molecule has 0 rings (SSSR count). The summed E-state index contributed by atoms with van der Waals surface area (Å²) in [5.41, 5.74) is 0. The minimum absolute atomic E-state index is 1.17. The summed E-state index contributed by atoms with van der Waals surface area (Å²) in [5, 5.41) is 0. The van der Waals surface area contributed by atoms with Crippen molar-refractivity contribution in [1.29, 1.82) is 0 Å². The normalized spacial score (nSPS) is 12.5. The minimum atomic E-state index is -1.18. The molecular weight excluding hydrogens is 429 g/mol. The van der Waals surface area contributed by atoms with Crippen LogP contribution in [0.2, 0.25) is 36.8 Å². The molecule has 0 spiro atoms. The molecule has 0 amide bonds. The number of hydrogen-bond acceptors (Lipinski definition) is 0. The average Bonchev–Trinajstić information content (AvgIpc) is 2.82. The van der Waals surface area contributed by atoms with Crippen LogP contribution in [0.4, 0.5) is 0 Å². The predicted octanol–water partition coefficient (Wildman–Crippen LogP) is 12.5. The maximum absolute atomic E-state index is 2.98. The smallest absolute Gasteiger partial charge is 0.0476 e. The zero-order valence-electron chi connectivity index (χ0n) is 24.7. The molecule has 0 aromatic carbocycles. The van der Waals surface area contributed by atoms with Crippen LogP contribution in [-0.4, -0.2) is 15.2 Å². The molecule has 2 heteroatoms. The quantitative estimate of drug-likeness (QED) is 0.0824. The summed E-state index contributed by atoms with van der Waals surface area (Å²) in [7, 11) is -2.35. The maximum atomic E-state index is 2.98. The lowest BCUT2D eigenvalue weighted by Crippen LogP contribution is -2.60. The second-order valence-corrected chi connectivity index (χ2v) is 26.9. The van der Waals surface area contributed by atoms with Gasteiger partial charge in [-0.3, -0.25) is 0 Å². The Morgan fingerprint density at radius 2 is 0.545 bits per heavy atom. The molecule has 0 atom stereocenters. The van der Waals surface area contributed by atoms with E-state index in [2.05, 4.69) is 41.2 Å². The van der Waals surface area contributed by atoms with Gasteiger partial charge in [0.2, 0.25) is 0 Å². The molecule has 0 aromatic rings. The van der Waals surface area contributed by atoms with Crippen LogP contribution in [0.5, 0.6) is 0 Å². The second-order valence-electron chi connectivity index (χ2n) is 11.9. The van der Waals surface area contributed by atoms with E-state index < -0.39 is 15.2 Å². The Hall–Kier alpha value is 0.434. The van der Waals surface area contributed by atoms with E-state index in [1.165, 1.54) is 96.3 Å². The fourth-order valence-electron chi connectivity index (χ4n) is 6.49. The Balaban J connectivity index is 5.72. The van der Waals surface area contributed by atoms with Gasteiger partial charge in [0, 0.05) is 15.2 Å². The molecule has 0 aliphatic carbocycles. The van der Waals surface area contributed by atoms with Gasteiger partial charge in [-0.1, -0.05) is 200 Å². The molecule has 0 aliphatic rings. The maximum Gasteiger partial charge on any atom is 0.0476 e. The zero-order valence-corrected chi connectivity index (χ0v) is 26.7. The van der Waals surface area contributed by atoms with Crippen LogP contribution in [0.3, 0.4) is 0 Å². The first-order valence-corrected chi connectivity index (χ1v) is 22.6. The van der Waals surface area contributed by atoms with Crippen molar-refractivity contribution in [1.82, 2.24) is 0 Å². The van der Waals surface area contributed by atoms with Crippen molar-refractivity contribution in [2.24, 2.45) is 0 Å². The molecule has 0 aromatic heterocycles. The predicted molar refractivity (Wildman–Crippen MR) is 162 cm³/mol. The molecule has 0 aliphatic heterocycles. The van der Waals surface area contributed by atoms with Gasteiger partial charge in [0.15, 0.2) is 0 Å². The number of hydrogen-bond donors (Lipinski definition) is 0. The molecule has 0 unspecified atom stereocenters. The van der Waals surface area contributed by atoms with Gasteiger partial charge in [0.1, 0.15) is 0 Å². The molecule has 0 heterocycles. The lowest BCUT2D eigenvalue weighted by Gasteiger charge is -2.48. The third-order valence-corrected chi connectivity index (χ3v) is 29.8. The summed E-state index contributed by atoms with van der Waals surface area (Å²) < 4.78 is 0. The van der Waals surface area contributed by atoms with Crippen molar-refractivity contribution in [2.75, 3.05) is 0 Å². The monoisotopic (exact) mass is 496 g/mol. The average molecular weight is 497 g/mol. The highest BCUT2D eigenvalue weighted by Crippen LogP contribution is 2.43. The van der Waals surface area contributed by atoms with E-state index in [0.29, 0.717) is 0 Å². The van der Waals surface area contributed by atoms with Gasteiger partial charge in [0.05, 0.1) is 0 Å². The van der Waals surface area contributed by atoms with Crippen LogP contribution >= 0.6 is 0 Å². The van der Waals surface area contributed by atoms with Crippen molar-refractivity contribution in [3.63, 3.8) is 0 Å². The van der Waals surface area contributed by atoms with E-state index in [1.807, 2.05) is 0 Å². The summed E-state index contributed by atoms with van der Waals surface area (Å²) >= 11 is 0. The number of unbranched alkanes of at least 4 members (excludes halogenated alkanes) is 15. The van der Waals surface area contributed by atoms with Crippen molar-refractivity contribution < 1.29 is 0 Å². The Labute approximate surface area is 214 Å². The Kier molecular flexibility index (Phi) is 23.2. The van der Waals surface area contributed by atoms with E-state index in [-0.39, 0.29) is 0 Å². The molecule has 0 saturated heterocycles. The largest absolute Gasteiger partial charge is 0.0711 e. The van der Waals surface area contributed by atoms with Crippen molar-refractivity contribution in [2.45, 2.75) is 200 Å². The molecule has 0 nitrogen and oxygen atoms in total. The number of rotatable bonds is 26. The van der Waals surface area contributed by atoms with Crippen LogP contribution in [0, 0.1) is 0 Å². The second kappa shape index (κ2) is 22.9. The molecular formula is C31H68Si2. The molecule has 33 heavy (non-hydrogen) atoms. The highest BCUT2D eigenvalue weighted by Gasteiger charge is 2.48. The molecule has 0 saturated carbocycles. The summed E-state index contributed by atoms with van der Waals surface area (Å²) in [6.07, 6.45) is 29.8. The van der Waals surface area contributed by atoms with Crippen LogP contribution in [0.25, 0.3) is 0 Å². The van der Waals surface area contributed by atoms with Crippen molar-refractivity contribution in [3.8, 4) is 0 Å². The minimum Gasteiger partial charge on any atom is -0.0711 e. The Bertz CT molecular complexity index is 349. The summed E-state index contributed by atoms with van der Waals surface area (Å²) in [6.45, 7) is 14.9. The Morgan fingerprint density at radius 1 is 0.303 bits per heavy atom. The van der Waals surface area contributed by atoms with Gasteiger partial charge in [0.25, 0.3) is 0 Å². The molecule has 0 bridgehead atoms. The molecule has 0 radical (unpaired) electrons. The lowest BCUT2D eigenvalue weighted by atomic mass is 10.2. The third-order valence-electron chi connectivity index (χ3n) is 8.97. The van der Waals surface area contributed by atoms with Crippen molar-refractivity contribution in [3.05, 3.63) is 0 Å². The van der Waals surface area contributed by atoms with Gasteiger partial charge in [-0.25, -0.2) is 0 Å². The fraction of sp³-hybridized carbons (Fsp3) is 1.00. The third kappa shape index (κ3) is 15.2. The van der Waals surface area contributed by atoms with Crippen LogP contribution < -0.4 is 0 Å². The van der Waals surface area contributed by atoms with Gasteiger partial charge >= 0.3 is 0 Å². The SMILES string of the molecule is CCCCCC[Si](C)(CCCCCC)[Si](CCCCCC)(CCCCCC)CCCCCC. The van der Waals surface area contributed by atoms with Crippen LogP contribution in [0.15, 0.2) is 0 Å². The van der Waals surface area contributed by atoms with Gasteiger partial charge < -0.3 is 0 Å². The lowest BCUT2D eigenvalue weighted by molar-refractivity contribution is 0.664. The summed E-state index contributed by atoms with van der Waals surface area (Å²) in [5.74, 6) is 0. The summed E-state index contributed by atoms with van der Waals surface area (Å²) in [6, 6.07) is 8.54. The van der Waals surface area contributed by atoms with Crippen LogP contribution in [-0.2, 0) is 0 Å². The highest BCUT2D eigenvalue weighted by atomic mass is 29.3. The first kappa shape index (κ1) is 33.4. The van der Waals surface area contributed by atoms with E-state index >= 15 is 0 Å². The first-order valence-electron chi connectivity index (χ1n) is 16.1. The van der Waals surface area contributed by atoms with Gasteiger partial charge in [-0.05, 0) is 0 Å². The molecule has 0 fully saturated rings. The highest BCUT2D eigenvalue weighted by molar-refractivity contribution is 7.42. The first-order chi connectivity index (χ1) is 16.1. The standard InChI is InChI=1S/C31H68Si2/c1-7-12-17-22-27-32(6,28-23-18-13-8-2)33(29-24-19-14-9-3,30-25-20-15-10-4)31-26-21-16-11-5/h7-31H2,1-6H3. The molecule has 200 valence electrons. The van der Waals surface area contributed by atoms with Crippen molar-refractivity contribution >= 4 is 15.2 Å². The van der Waals surface area contributed by atoms with Gasteiger partial charge in [-0.2, -0.15) is 0 Å². The van der Waals surface area contributed by atoms with E-state index in [0.717, 1.165) is 0 Å². The summed E-state index contributed by atoms with van der Waals surface area (Å²) in [4.78, 5) is 0. The zero-order chi connectivity index (χ0) is 24.7. The topological polar surface area (TPSA) is 0 Å². The fourth-order valence-corrected chi connectivity index (χ4v) is 26.5. The van der Waals surface area contributed by atoms with E-state index in [9.17, 15) is 0 Å². The van der Waals surface area contributed by atoms with Crippen LogP contribution in [0.1, 0.15) is 163 Å².